The number of nitrogens with one attached hydrogen (secondary N) is 2. The molecule has 0 bridgehead atoms. The van der Waals surface area contributed by atoms with Crippen LogP contribution in [0.4, 0.5) is 11.4 Å². The Morgan fingerprint density at radius 1 is 1.58 bits per heavy atom. The van der Waals surface area contributed by atoms with E-state index in [0.717, 1.165) is 0 Å². The first-order valence-electron chi connectivity index (χ1n) is 6.12. The highest BCUT2D eigenvalue weighted by Gasteiger charge is 2.24. The Kier molecular flexibility index (Phi) is 3.59. The van der Waals surface area contributed by atoms with Crippen molar-refractivity contribution < 1.29 is 19.4 Å². The largest absolute Gasteiger partial charge is 0.480 e. The van der Waals surface area contributed by atoms with Crippen LogP contribution in [0.25, 0.3) is 0 Å². The molecule has 2 rings (SSSR count). The van der Waals surface area contributed by atoms with Crippen molar-refractivity contribution in [3.05, 3.63) is 18.2 Å². The average molecular weight is 264 g/mol. The number of ether oxygens (including phenoxy) is 1. The number of benzene rings is 1. The Morgan fingerprint density at radius 2 is 2.32 bits per heavy atom. The van der Waals surface area contributed by atoms with Crippen LogP contribution in [0.5, 0.6) is 5.75 Å². The van der Waals surface area contributed by atoms with Gasteiger partial charge in [0, 0.05) is 5.69 Å². The fraction of sp³-hybridized carbons (Fsp3) is 0.385. The number of anilines is 2. The van der Waals surface area contributed by atoms with Crippen molar-refractivity contribution in [2.45, 2.75) is 32.4 Å². The van der Waals surface area contributed by atoms with Gasteiger partial charge in [-0.1, -0.05) is 6.92 Å². The third-order valence-corrected chi connectivity index (χ3v) is 2.96. The number of aliphatic carboxylic acids is 1. The molecule has 0 fully saturated rings. The van der Waals surface area contributed by atoms with Crippen LogP contribution >= 0.6 is 0 Å². The zero-order valence-electron chi connectivity index (χ0n) is 10.8. The van der Waals surface area contributed by atoms with Crippen LogP contribution in [0.3, 0.4) is 0 Å². The quantitative estimate of drug-likeness (QED) is 0.770. The van der Waals surface area contributed by atoms with E-state index in [1.165, 1.54) is 0 Å². The van der Waals surface area contributed by atoms with E-state index in [-0.39, 0.29) is 5.91 Å². The van der Waals surface area contributed by atoms with E-state index in [2.05, 4.69) is 10.6 Å². The maximum Gasteiger partial charge on any atom is 0.326 e. The molecule has 6 heteroatoms. The van der Waals surface area contributed by atoms with Crippen LogP contribution in [0.1, 0.15) is 20.3 Å². The summed E-state index contributed by atoms with van der Waals surface area (Å²) in [6.07, 6.45) is -0.0551. The third kappa shape index (κ3) is 2.78. The number of rotatable bonds is 4. The van der Waals surface area contributed by atoms with Gasteiger partial charge in [-0.25, -0.2) is 4.79 Å². The minimum atomic E-state index is -0.908. The summed E-state index contributed by atoms with van der Waals surface area (Å²) in [5.41, 5.74) is 1.18. The van der Waals surface area contributed by atoms with Gasteiger partial charge in [0.1, 0.15) is 11.8 Å². The molecule has 1 amide bonds. The van der Waals surface area contributed by atoms with Crippen molar-refractivity contribution in [2.24, 2.45) is 0 Å². The van der Waals surface area contributed by atoms with E-state index in [1.807, 2.05) is 0 Å². The van der Waals surface area contributed by atoms with E-state index in [0.29, 0.717) is 23.5 Å². The monoisotopic (exact) mass is 264 g/mol. The van der Waals surface area contributed by atoms with Crippen molar-refractivity contribution in [3.8, 4) is 5.75 Å². The number of carbonyl (C=O) groups excluding carboxylic acids is 1. The molecule has 1 heterocycles. The molecule has 1 aromatic rings. The zero-order chi connectivity index (χ0) is 14.0. The topological polar surface area (TPSA) is 87.7 Å². The SMILES string of the molecule is CCC(Nc1ccc2c(c1)NC(=O)C(C)O2)C(=O)O. The lowest BCUT2D eigenvalue weighted by molar-refractivity contribution is -0.138. The molecule has 3 N–H and O–H groups in total. The highest BCUT2D eigenvalue weighted by Crippen LogP contribution is 2.32. The summed E-state index contributed by atoms with van der Waals surface area (Å²) in [6, 6.07) is 4.46. The Bertz CT molecular complexity index is 515. The van der Waals surface area contributed by atoms with Crippen LogP contribution in [-0.4, -0.2) is 29.1 Å². The number of carbonyl (C=O) groups is 2. The summed E-state index contributed by atoms with van der Waals surface area (Å²) in [5.74, 6) is -0.537. The van der Waals surface area contributed by atoms with E-state index in [9.17, 15) is 9.59 Å². The van der Waals surface area contributed by atoms with Gasteiger partial charge in [0.2, 0.25) is 0 Å². The van der Waals surface area contributed by atoms with Crippen molar-refractivity contribution in [2.75, 3.05) is 10.6 Å². The molecule has 0 aliphatic carbocycles. The summed E-state index contributed by atoms with van der Waals surface area (Å²) in [4.78, 5) is 22.5. The smallest absolute Gasteiger partial charge is 0.326 e. The van der Waals surface area contributed by atoms with Gasteiger partial charge in [-0.2, -0.15) is 0 Å². The Labute approximate surface area is 110 Å². The van der Waals surface area contributed by atoms with Gasteiger partial charge in [0.15, 0.2) is 6.10 Å². The van der Waals surface area contributed by atoms with Gasteiger partial charge in [0.25, 0.3) is 5.91 Å². The second kappa shape index (κ2) is 5.17. The highest BCUT2D eigenvalue weighted by atomic mass is 16.5. The lowest BCUT2D eigenvalue weighted by Gasteiger charge is -2.24. The fourth-order valence-corrected chi connectivity index (χ4v) is 1.84. The van der Waals surface area contributed by atoms with Crippen LogP contribution in [0, 0.1) is 0 Å². The molecule has 1 aliphatic heterocycles. The second-order valence-corrected chi connectivity index (χ2v) is 4.40. The summed E-state index contributed by atoms with van der Waals surface area (Å²) < 4.78 is 5.42. The van der Waals surface area contributed by atoms with E-state index >= 15 is 0 Å². The summed E-state index contributed by atoms with van der Waals surface area (Å²) in [7, 11) is 0. The molecule has 6 nitrogen and oxygen atoms in total. The first kappa shape index (κ1) is 13.2. The summed E-state index contributed by atoms with van der Waals surface area (Å²) >= 11 is 0. The Balaban J connectivity index is 2.19. The van der Waals surface area contributed by atoms with Crippen molar-refractivity contribution in [1.82, 2.24) is 0 Å². The van der Waals surface area contributed by atoms with Gasteiger partial charge in [-0.3, -0.25) is 4.79 Å². The van der Waals surface area contributed by atoms with E-state index < -0.39 is 18.1 Å². The molecule has 0 radical (unpaired) electrons. The van der Waals surface area contributed by atoms with Crippen molar-refractivity contribution in [1.29, 1.82) is 0 Å². The molecule has 1 aliphatic rings. The molecule has 0 aromatic heterocycles. The molecular weight excluding hydrogens is 248 g/mol. The van der Waals surface area contributed by atoms with E-state index in [1.54, 1.807) is 32.0 Å². The Hall–Kier alpha value is -2.24. The standard InChI is InChI=1S/C13H16N2O4/c1-3-9(13(17)18)14-8-4-5-11-10(6-8)15-12(16)7(2)19-11/h4-7,9,14H,3H2,1-2H3,(H,15,16)(H,17,18). The lowest BCUT2D eigenvalue weighted by Crippen LogP contribution is -2.34. The van der Waals surface area contributed by atoms with Crippen LogP contribution in [-0.2, 0) is 9.59 Å². The second-order valence-electron chi connectivity index (χ2n) is 4.40. The fourth-order valence-electron chi connectivity index (χ4n) is 1.84. The normalized spacial score (nSPS) is 18.8. The van der Waals surface area contributed by atoms with Gasteiger partial charge in [-0.15, -0.1) is 0 Å². The molecule has 0 saturated carbocycles. The van der Waals surface area contributed by atoms with Crippen molar-refractivity contribution in [3.63, 3.8) is 0 Å². The molecule has 102 valence electrons. The summed E-state index contributed by atoms with van der Waals surface area (Å²) in [5, 5.41) is 14.6. The molecule has 0 saturated heterocycles. The van der Waals surface area contributed by atoms with Gasteiger partial charge in [0.05, 0.1) is 5.69 Å². The number of hydrogen-bond donors (Lipinski definition) is 3. The number of amides is 1. The minimum Gasteiger partial charge on any atom is -0.480 e. The molecule has 1 aromatic carbocycles. The van der Waals surface area contributed by atoms with Crippen LogP contribution in [0.2, 0.25) is 0 Å². The Morgan fingerprint density at radius 3 is 2.95 bits per heavy atom. The van der Waals surface area contributed by atoms with Gasteiger partial charge in [-0.05, 0) is 31.5 Å². The minimum absolute atomic E-state index is 0.213. The van der Waals surface area contributed by atoms with Crippen molar-refractivity contribution >= 4 is 23.3 Å². The van der Waals surface area contributed by atoms with Crippen LogP contribution < -0.4 is 15.4 Å². The first-order chi connectivity index (χ1) is 9.01. The molecule has 2 unspecified atom stereocenters. The lowest BCUT2D eigenvalue weighted by atomic mass is 10.1. The van der Waals surface area contributed by atoms with Gasteiger partial charge >= 0.3 is 5.97 Å². The number of hydrogen-bond acceptors (Lipinski definition) is 4. The average Bonchev–Trinajstić information content (AvgIpc) is 2.37. The third-order valence-electron chi connectivity index (χ3n) is 2.96. The zero-order valence-corrected chi connectivity index (χ0v) is 10.8. The predicted octanol–water partition coefficient (Wildman–Crippen LogP) is 1.68. The van der Waals surface area contributed by atoms with Gasteiger partial charge < -0.3 is 20.5 Å². The number of carboxylic acids is 1. The molecule has 0 spiro atoms. The highest BCUT2D eigenvalue weighted by molar-refractivity contribution is 5.98. The van der Waals surface area contributed by atoms with E-state index in [4.69, 9.17) is 9.84 Å². The predicted molar refractivity (Wildman–Crippen MR) is 70.5 cm³/mol. The first-order valence-corrected chi connectivity index (χ1v) is 6.12. The summed E-state index contributed by atoms with van der Waals surface area (Å²) in [6.45, 7) is 3.46. The maximum absolute atomic E-state index is 11.5. The van der Waals surface area contributed by atoms with Crippen LogP contribution in [0.15, 0.2) is 18.2 Å². The molecular formula is C13H16N2O4. The maximum atomic E-state index is 11.5. The molecule has 2 atom stereocenters. The molecule has 19 heavy (non-hydrogen) atoms. The number of fused-ring (bicyclic) bond motifs is 1. The number of carboxylic acid groups (broad SMARTS) is 1.